The molecule has 23 heavy (non-hydrogen) atoms. The number of nitrogens with zero attached hydrogens (tertiary/aromatic N) is 2. The maximum absolute atomic E-state index is 5.73. The topological polar surface area (TPSA) is 36.9 Å². The van der Waals surface area contributed by atoms with Gasteiger partial charge in [-0.15, -0.1) is 0 Å². The minimum absolute atomic E-state index is 0.423. The number of aliphatic imine (C=N–C) groups is 1. The van der Waals surface area contributed by atoms with Gasteiger partial charge in [-0.05, 0) is 45.6 Å². The highest BCUT2D eigenvalue weighted by Gasteiger charge is 2.21. The van der Waals surface area contributed by atoms with Gasteiger partial charge in [0.25, 0.3) is 0 Å². The summed E-state index contributed by atoms with van der Waals surface area (Å²) in [6, 6.07) is 8.74. The lowest BCUT2D eigenvalue weighted by atomic mass is 10.1. The highest BCUT2D eigenvalue weighted by atomic mass is 16.5. The minimum Gasteiger partial charge on any atom is -0.378 e. The molecule has 0 aliphatic carbocycles. The standard InChI is InChI=1S/C19H31N3O/c1-4-20-19(22-14-11-18(12-15-22)23-5-2)21-13-10-17-8-6-16(3)7-9-17/h6-9,18H,4-5,10-15H2,1-3H3,(H,20,21). The van der Waals surface area contributed by atoms with Crippen molar-refractivity contribution in [1.82, 2.24) is 10.2 Å². The van der Waals surface area contributed by atoms with Crippen LogP contribution in [0.3, 0.4) is 0 Å². The van der Waals surface area contributed by atoms with Gasteiger partial charge in [-0.25, -0.2) is 0 Å². The molecule has 1 aromatic rings. The van der Waals surface area contributed by atoms with Gasteiger partial charge in [-0.1, -0.05) is 29.8 Å². The summed E-state index contributed by atoms with van der Waals surface area (Å²) in [5.41, 5.74) is 2.66. The molecule has 1 aromatic carbocycles. The van der Waals surface area contributed by atoms with E-state index in [4.69, 9.17) is 9.73 Å². The molecule has 1 N–H and O–H groups in total. The predicted octanol–water partition coefficient (Wildman–Crippen LogP) is 3.00. The van der Waals surface area contributed by atoms with Gasteiger partial charge in [0.1, 0.15) is 0 Å². The Morgan fingerprint density at radius 3 is 2.52 bits per heavy atom. The van der Waals surface area contributed by atoms with Crippen molar-refractivity contribution in [2.24, 2.45) is 4.99 Å². The van der Waals surface area contributed by atoms with Gasteiger partial charge in [0, 0.05) is 32.8 Å². The third-order valence-electron chi connectivity index (χ3n) is 4.26. The van der Waals surface area contributed by atoms with Gasteiger partial charge in [-0.3, -0.25) is 4.99 Å². The Kier molecular flexibility index (Phi) is 7.40. The second-order valence-electron chi connectivity index (χ2n) is 6.11. The van der Waals surface area contributed by atoms with Crippen LogP contribution in [0.25, 0.3) is 0 Å². The summed E-state index contributed by atoms with van der Waals surface area (Å²) in [7, 11) is 0. The number of rotatable bonds is 6. The maximum Gasteiger partial charge on any atom is 0.193 e. The van der Waals surface area contributed by atoms with Gasteiger partial charge in [0.15, 0.2) is 5.96 Å². The van der Waals surface area contributed by atoms with Gasteiger partial charge < -0.3 is 15.0 Å². The van der Waals surface area contributed by atoms with E-state index in [1.165, 1.54) is 11.1 Å². The van der Waals surface area contributed by atoms with Crippen LogP contribution in [0.4, 0.5) is 0 Å². The molecule has 0 radical (unpaired) electrons. The fourth-order valence-corrected chi connectivity index (χ4v) is 2.94. The van der Waals surface area contributed by atoms with E-state index in [0.29, 0.717) is 6.10 Å². The Balaban J connectivity index is 1.86. The largest absolute Gasteiger partial charge is 0.378 e. The zero-order valence-corrected chi connectivity index (χ0v) is 14.8. The second-order valence-corrected chi connectivity index (χ2v) is 6.11. The predicted molar refractivity (Wildman–Crippen MR) is 97.1 cm³/mol. The van der Waals surface area contributed by atoms with Crippen molar-refractivity contribution in [2.45, 2.75) is 46.1 Å². The molecule has 0 amide bonds. The third kappa shape index (κ3) is 5.87. The number of hydrogen-bond donors (Lipinski definition) is 1. The number of benzene rings is 1. The summed E-state index contributed by atoms with van der Waals surface area (Å²) < 4.78 is 5.73. The van der Waals surface area contributed by atoms with E-state index >= 15 is 0 Å². The zero-order valence-electron chi connectivity index (χ0n) is 14.8. The van der Waals surface area contributed by atoms with E-state index in [1.807, 2.05) is 0 Å². The zero-order chi connectivity index (χ0) is 16.5. The van der Waals surface area contributed by atoms with Crippen molar-refractivity contribution in [1.29, 1.82) is 0 Å². The maximum atomic E-state index is 5.73. The summed E-state index contributed by atoms with van der Waals surface area (Å²) in [5, 5.41) is 3.43. The number of guanidine groups is 1. The molecule has 1 aliphatic heterocycles. The highest BCUT2D eigenvalue weighted by molar-refractivity contribution is 5.80. The van der Waals surface area contributed by atoms with E-state index in [2.05, 4.69) is 55.3 Å². The highest BCUT2D eigenvalue weighted by Crippen LogP contribution is 2.14. The normalized spacial score (nSPS) is 16.7. The van der Waals surface area contributed by atoms with Crippen molar-refractivity contribution in [3.8, 4) is 0 Å². The van der Waals surface area contributed by atoms with E-state index in [0.717, 1.165) is 58.0 Å². The van der Waals surface area contributed by atoms with E-state index in [-0.39, 0.29) is 0 Å². The summed E-state index contributed by atoms with van der Waals surface area (Å²) in [5.74, 6) is 1.05. The van der Waals surface area contributed by atoms with Crippen molar-refractivity contribution in [2.75, 3.05) is 32.8 Å². The molecular weight excluding hydrogens is 286 g/mol. The van der Waals surface area contributed by atoms with Gasteiger partial charge >= 0.3 is 0 Å². The summed E-state index contributed by atoms with van der Waals surface area (Å²) in [4.78, 5) is 7.19. The first-order chi connectivity index (χ1) is 11.2. The first-order valence-corrected chi connectivity index (χ1v) is 8.93. The van der Waals surface area contributed by atoms with Crippen LogP contribution < -0.4 is 5.32 Å². The smallest absolute Gasteiger partial charge is 0.193 e. The Bertz CT molecular complexity index is 476. The molecule has 0 atom stereocenters. The molecule has 2 rings (SSSR count). The van der Waals surface area contributed by atoms with Crippen LogP contribution in [-0.2, 0) is 11.2 Å². The average Bonchev–Trinajstić information content (AvgIpc) is 2.57. The molecule has 4 heteroatoms. The summed E-state index contributed by atoms with van der Waals surface area (Å²) in [6.45, 7) is 10.9. The van der Waals surface area contributed by atoms with Crippen LogP contribution in [-0.4, -0.2) is 49.7 Å². The summed E-state index contributed by atoms with van der Waals surface area (Å²) in [6.07, 6.45) is 3.60. The number of aryl methyl sites for hydroxylation is 1. The van der Waals surface area contributed by atoms with Crippen LogP contribution in [0, 0.1) is 6.92 Å². The molecule has 0 saturated carbocycles. The molecule has 0 aromatic heterocycles. The SMILES string of the molecule is CCNC(=NCCc1ccc(C)cc1)N1CCC(OCC)CC1. The lowest BCUT2D eigenvalue weighted by Crippen LogP contribution is -2.47. The van der Waals surface area contributed by atoms with Crippen LogP contribution in [0.2, 0.25) is 0 Å². The third-order valence-corrected chi connectivity index (χ3v) is 4.26. The number of piperidine rings is 1. The Labute approximate surface area is 140 Å². The van der Waals surface area contributed by atoms with E-state index in [1.54, 1.807) is 0 Å². The quantitative estimate of drug-likeness (QED) is 0.647. The van der Waals surface area contributed by atoms with Crippen molar-refractivity contribution in [3.05, 3.63) is 35.4 Å². The van der Waals surface area contributed by atoms with Gasteiger partial charge in [0.2, 0.25) is 0 Å². The Morgan fingerprint density at radius 1 is 1.22 bits per heavy atom. The van der Waals surface area contributed by atoms with Crippen LogP contribution >= 0.6 is 0 Å². The first-order valence-electron chi connectivity index (χ1n) is 8.93. The van der Waals surface area contributed by atoms with Gasteiger partial charge in [0.05, 0.1) is 6.10 Å². The molecule has 0 bridgehead atoms. The number of likely N-dealkylation sites (tertiary alicyclic amines) is 1. The Morgan fingerprint density at radius 2 is 1.91 bits per heavy atom. The van der Waals surface area contributed by atoms with E-state index in [9.17, 15) is 0 Å². The van der Waals surface area contributed by atoms with Crippen molar-refractivity contribution in [3.63, 3.8) is 0 Å². The van der Waals surface area contributed by atoms with E-state index < -0.39 is 0 Å². The first kappa shape index (κ1) is 17.8. The summed E-state index contributed by atoms with van der Waals surface area (Å²) >= 11 is 0. The Hall–Kier alpha value is -1.55. The molecule has 1 fully saturated rings. The van der Waals surface area contributed by atoms with Crippen molar-refractivity contribution >= 4 is 5.96 Å². The monoisotopic (exact) mass is 317 g/mol. The average molecular weight is 317 g/mol. The van der Waals surface area contributed by atoms with Crippen molar-refractivity contribution < 1.29 is 4.74 Å². The van der Waals surface area contributed by atoms with Gasteiger partial charge in [-0.2, -0.15) is 0 Å². The molecule has 128 valence electrons. The molecule has 1 saturated heterocycles. The fraction of sp³-hybridized carbons (Fsp3) is 0.632. The molecule has 0 unspecified atom stereocenters. The second kappa shape index (κ2) is 9.56. The number of nitrogens with one attached hydrogen (secondary N) is 1. The van der Waals surface area contributed by atoms with Crippen LogP contribution in [0.5, 0.6) is 0 Å². The van der Waals surface area contributed by atoms with Crippen LogP contribution in [0.1, 0.15) is 37.8 Å². The molecule has 1 heterocycles. The lowest BCUT2D eigenvalue weighted by Gasteiger charge is -2.34. The van der Waals surface area contributed by atoms with Crippen LogP contribution in [0.15, 0.2) is 29.3 Å². The number of ether oxygens (including phenoxy) is 1. The number of hydrogen-bond acceptors (Lipinski definition) is 2. The molecular formula is C19H31N3O. The fourth-order valence-electron chi connectivity index (χ4n) is 2.94. The molecule has 1 aliphatic rings. The molecule has 0 spiro atoms. The molecule has 4 nitrogen and oxygen atoms in total. The minimum atomic E-state index is 0.423. The lowest BCUT2D eigenvalue weighted by molar-refractivity contribution is 0.0264.